The number of piperidine rings is 1. The molecule has 0 radical (unpaired) electrons. The molecule has 28 heavy (non-hydrogen) atoms. The number of hydrogen-bond donors (Lipinski definition) is 1. The number of amides is 1. The number of benzene rings is 1. The van der Waals surface area contributed by atoms with Crippen LogP contribution in [0.4, 0.5) is 17.2 Å². The molecule has 150 valence electrons. The lowest BCUT2D eigenvalue weighted by Crippen LogP contribution is -2.43. The summed E-state index contributed by atoms with van der Waals surface area (Å²) in [6.45, 7) is 9.33. The number of aromatic nitrogens is 1. The highest BCUT2D eigenvalue weighted by Gasteiger charge is 2.26. The van der Waals surface area contributed by atoms with E-state index in [4.69, 9.17) is 0 Å². The first-order valence-electron chi connectivity index (χ1n) is 10.5. The maximum absolute atomic E-state index is 12.9. The van der Waals surface area contributed by atoms with Crippen LogP contribution in [0.1, 0.15) is 56.8 Å². The number of carbonyl (C=O) groups excluding carboxylic acids is 1. The van der Waals surface area contributed by atoms with Crippen molar-refractivity contribution in [1.29, 1.82) is 0 Å². The molecule has 3 rings (SSSR count). The van der Waals surface area contributed by atoms with Gasteiger partial charge in [0.1, 0.15) is 5.82 Å². The second kappa shape index (κ2) is 9.58. The van der Waals surface area contributed by atoms with E-state index in [0.717, 1.165) is 50.4 Å². The van der Waals surface area contributed by atoms with E-state index in [-0.39, 0.29) is 5.91 Å². The number of likely N-dealkylation sites (tertiary alicyclic amines) is 1. The second-order valence-corrected chi connectivity index (χ2v) is 7.33. The molecule has 2 heterocycles. The van der Waals surface area contributed by atoms with Crippen molar-refractivity contribution in [1.82, 2.24) is 9.88 Å². The molecule has 2 aromatic rings. The largest absolute Gasteiger partial charge is 0.372 e. The normalized spacial score (nSPS) is 16.7. The van der Waals surface area contributed by atoms with E-state index in [0.29, 0.717) is 11.6 Å². The van der Waals surface area contributed by atoms with E-state index >= 15 is 0 Å². The lowest BCUT2D eigenvalue weighted by molar-refractivity contribution is 0.0607. The van der Waals surface area contributed by atoms with Gasteiger partial charge < -0.3 is 15.1 Å². The smallest absolute Gasteiger partial charge is 0.255 e. The standard InChI is InChI=1S/C23H32N4O/c1-4-20-9-7-8-16-27(20)23(28)18-10-15-22(24-17-18)25-19-11-13-21(14-12-19)26(5-2)6-3/h10-15,17,20H,4-9,16H2,1-3H3,(H,24,25). The highest BCUT2D eigenvalue weighted by Crippen LogP contribution is 2.23. The van der Waals surface area contributed by atoms with Crippen molar-refractivity contribution in [3.05, 3.63) is 48.2 Å². The summed E-state index contributed by atoms with van der Waals surface area (Å²) in [5, 5.41) is 3.32. The molecule has 0 bridgehead atoms. The molecule has 1 aliphatic rings. The molecule has 1 saturated heterocycles. The second-order valence-electron chi connectivity index (χ2n) is 7.33. The van der Waals surface area contributed by atoms with Crippen molar-refractivity contribution in [3.8, 4) is 0 Å². The van der Waals surface area contributed by atoms with E-state index < -0.39 is 0 Å². The molecule has 0 aliphatic carbocycles. The number of hydrogen-bond acceptors (Lipinski definition) is 4. The maximum Gasteiger partial charge on any atom is 0.255 e. The number of anilines is 3. The van der Waals surface area contributed by atoms with Gasteiger partial charge in [-0.2, -0.15) is 0 Å². The Kier molecular flexibility index (Phi) is 6.90. The summed E-state index contributed by atoms with van der Waals surface area (Å²) < 4.78 is 0. The molecule has 5 nitrogen and oxygen atoms in total. The lowest BCUT2D eigenvalue weighted by Gasteiger charge is -2.35. The van der Waals surface area contributed by atoms with Gasteiger partial charge in [0.25, 0.3) is 5.91 Å². The molecule has 1 aliphatic heterocycles. The number of nitrogens with one attached hydrogen (secondary N) is 1. The molecular formula is C23H32N4O. The van der Waals surface area contributed by atoms with Crippen molar-refractivity contribution in [2.24, 2.45) is 0 Å². The van der Waals surface area contributed by atoms with E-state index in [9.17, 15) is 4.79 Å². The summed E-state index contributed by atoms with van der Waals surface area (Å²) in [7, 11) is 0. The zero-order valence-electron chi connectivity index (χ0n) is 17.3. The molecule has 0 saturated carbocycles. The zero-order chi connectivity index (χ0) is 19.9. The fraction of sp³-hybridized carbons (Fsp3) is 0.478. The first kappa shape index (κ1) is 20.2. The predicted molar refractivity (Wildman–Crippen MR) is 116 cm³/mol. The van der Waals surface area contributed by atoms with Crippen LogP contribution in [0.5, 0.6) is 0 Å². The van der Waals surface area contributed by atoms with Gasteiger partial charge in [-0.1, -0.05) is 6.92 Å². The Balaban J connectivity index is 1.65. The molecule has 1 fully saturated rings. The van der Waals surface area contributed by atoms with E-state index in [2.05, 4.69) is 60.2 Å². The van der Waals surface area contributed by atoms with E-state index in [1.54, 1.807) is 6.20 Å². The number of carbonyl (C=O) groups is 1. The van der Waals surface area contributed by atoms with E-state index in [1.165, 1.54) is 12.1 Å². The van der Waals surface area contributed by atoms with Crippen molar-refractivity contribution in [2.45, 2.75) is 52.5 Å². The lowest BCUT2D eigenvalue weighted by atomic mass is 9.99. The Hall–Kier alpha value is -2.56. The van der Waals surface area contributed by atoms with Crippen molar-refractivity contribution in [3.63, 3.8) is 0 Å². The molecule has 1 unspecified atom stereocenters. The summed E-state index contributed by atoms with van der Waals surface area (Å²) >= 11 is 0. The molecular weight excluding hydrogens is 348 g/mol. The Morgan fingerprint density at radius 3 is 2.46 bits per heavy atom. The minimum Gasteiger partial charge on any atom is -0.372 e. The topological polar surface area (TPSA) is 48.5 Å². The fourth-order valence-corrected chi connectivity index (χ4v) is 3.94. The monoisotopic (exact) mass is 380 g/mol. The quantitative estimate of drug-likeness (QED) is 0.728. The summed E-state index contributed by atoms with van der Waals surface area (Å²) in [6, 6.07) is 12.5. The van der Waals surface area contributed by atoms with Crippen molar-refractivity contribution < 1.29 is 4.79 Å². The first-order chi connectivity index (χ1) is 13.7. The van der Waals surface area contributed by atoms with Crippen molar-refractivity contribution >= 4 is 23.1 Å². The summed E-state index contributed by atoms with van der Waals surface area (Å²) in [5.41, 5.74) is 2.88. The average Bonchev–Trinajstić information content (AvgIpc) is 2.76. The van der Waals surface area contributed by atoms with Gasteiger partial charge in [0, 0.05) is 43.2 Å². The summed E-state index contributed by atoms with van der Waals surface area (Å²) in [6.07, 6.45) is 6.13. The van der Waals surface area contributed by atoms with Crippen LogP contribution in [-0.2, 0) is 0 Å². The van der Waals surface area contributed by atoms with Gasteiger partial charge in [-0.15, -0.1) is 0 Å². The van der Waals surface area contributed by atoms with Gasteiger partial charge in [-0.05, 0) is 75.9 Å². The van der Waals surface area contributed by atoms with Gasteiger partial charge in [0.15, 0.2) is 0 Å². The van der Waals surface area contributed by atoms with Crippen molar-refractivity contribution in [2.75, 3.05) is 29.9 Å². The van der Waals surface area contributed by atoms with E-state index in [1.807, 2.05) is 17.0 Å². The molecule has 1 aromatic heterocycles. The number of pyridine rings is 1. The molecule has 1 aromatic carbocycles. The van der Waals surface area contributed by atoms with Crippen LogP contribution >= 0.6 is 0 Å². The van der Waals surface area contributed by atoms with Crippen LogP contribution in [0.25, 0.3) is 0 Å². The fourth-order valence-electron chi connectivity index (χ4n) is 3.94. The molecule has 1 amide bonds. The van der Waals surface area contributed by atoms with Crippen LogP contribution in [0.15, 0.2) is 42.6 Å². The number of rotatable bonds is 7. The predicted octanol–water partition coefficient (Wildman–Crippen LogP) is 5.08. The van der Waals surface area contributed by atoms with Crippen LogP contribution in [-0.4, -0.2) is 41.5 Å². The Bertz CT molecular complexity index is 753. The molecule has 0 spiro atoms. The van der Waals surface area contributed by atoms with Crippen LogP contribution in [0.3, 0.4) is 0 Å². The number of nitrogens with zero attached hydrogens (tertiary/aromatic N) is 3. The summed E-state index contributed by atoms with van der Waals surface area (Å²) in [4.78, 5) is 21.7. The highest BCUT2D eigenvalue weighted by atomic mass is 16.2. The van der Waals surface area contributed by atoms with Crippen LogP contribution < -0.4 is 10.2 Å². The average molecular weight is 381 g/mol. The molecule has 5 heteroatoms. The molecule has 1 N–H and O–H groups in total. The van der Waals surface area contributed by atoms with Gasteiger partial charge in [0.05, 0.1) is 5.56 Å². The Morgan fingerprint density at radius 1 is 1.11 bits per heavy atom. The first-order valence-corrected chi connectivity index (χ1v) is 10.5. The minimum absolute atomic E-state index is 0.106. The van der Waals surface area contributed by atoms with Crippen LogP contribution in [0.2, 0.25) is 0 Å². The maximum atomic E-state index is 12.9. The van der Waals surface area contributed by atoms with Gasteiger partial charge in [-0.3, -0.25) is 4.79 Å². The Morgan fingerprint density at radius 2 is 1.86 bits per heavy atom. The van der Waals surface area contributed by atoms with Gasteiger partial charge >= 0.3 is 0 Å². The molecule has 1 atom stereocenters. The van der Waals surface area contributed by atoms with Gasteiger partial charge in [-0.25, -0.2) is 4.98 Å². The third-order valence-corrected chi connectivity index (χ3v) is 5.64. The third-order valence-electron chi connectivity index (χ3n) is 5.64. The van der Waals surface area contributed by atoms with Crippen LogP contribution in [0, 0.1) is 0 Å². The highest BCUT2D eigenvalue weighted by molar-refractivity contribution is 5.94. The SMILES string of the molecule is CCC1CCCCN1C(=O)c1ccc(Nc2ccc(N(CC)CC)cc2)nc1. The summed E-state index contributed by atoms with van der Waals surface area (Å²) in [5.74, 6) is 0.854. The Labute approximate surface area is 168 Å². The zero-order valence-corrected chi connectivity index (χ0v) is 17.3. The van der Waals surface area contributed by atoms with Gasteiger partial charge in [0.2, 0.25) is 0 Å². The third kappa shape index (κ3) is 4.64. The minimum atomic E-state index is 0.106.